The molecule has 0 aliphatic carbocycles. The van der Waals surface area contributed by atoms with E-state index in [-0.39, 0.29) is 5.78 Å². The van der Waals surface area contributed by atoms with Crippen molar-refractivity contribution >= 4 is 35.2 Å². The second kappa shape index (κ2) is 6.36. The Hall–Kier alpha value is -2.44. The van der Waals surface area contributed by atoms with E-state index < -0.39 is 0 Å². The van der Waals surface area contributed by atoms with Gasteiger partial charge in [0.1, 0.15) is 16.4 Å². The van der Waals surface area contributed by atoms with Crippen molar-refractivity contribution < 1.29 is 9.53 Å². The third kappa shape index (κ3) is 2.91. The van der Waals surface area contributed by atoms with Crippen LogP contribution in [0.1, 0.15) is 15.2 Å². The molecule has 0 saturated carbocycles. The molecule has 3 aromatic rings. The van der Waals surface area contributed by atoms with Crippen molar-refractivity contribution in [2.24, 2.45) is 0 Å². The van der Waals surface area contributed by atoms with E-state index in [0.717, 1.165) is 5.69 Å². The minimum atomic E-state index is -0.143. The van der Waals surface area contributed by atoms with Gasteiger partial charge in [0.15, 0.2) is 3.95 Å². The van der Waals surface area contributed by atoms with Crippen LogP contribution in [0.25, 0.3) is 5.69 Å². The molecule has 6 heteroatoms. The normalized spacial score (nSPS) is 10.5. The Balaban J connectivity index is 2.04. The van der Waals surface area contributed by atoms with E-state index in [4.69, 9.17) is 22.7 Å². The summed E-state index contributed by atoms with van der Waals surface area (Å²) in [6, 6.07) is 16.5. The zero-order valence-electron chi connectivity index (χ0n) is 12.4. The SMILES string of the molecule is COc1ccc(C(=O)c2sc(=S)n(-c3ccccc3)c2N)cc1. The first-order valence-corrected chi connectivity index (χ1v) is 8.10. The molecule has 0 aliphatic heterocycles. The molecule has 3 rings (SSSR count). The Bertz CT molecular complexity index is 897. The Morgan fingerprint density at radius 1 is 1.13 bits per heavy atom. The van der Waals surface area contributed by atoms with Gasteiger partial charge in [-0.1, -0.05) is 29.5 Å². The largest absolute Gasteiger partial charge is 0.497 e. The molecule has 1 aromatic heterocycles. The van der Waals surface area contributed by atoms with Crippen LogP contribution in [0.3, 0.4) is 0 Å². The van der Waals surface area contributed by atoms with E-state index in [9.17, 15) is 4.79 Å². The minimum absolute atomic E-state index is 0.143. The molecule has 0 atom stereocenters. The van der Waals surface area contributed by atoms with Gasteiger partial charge in [-0.25, -0.2) is 0 Å². The van der Waals surface area contributed by atoms with Gasteiger partial charge in [-0.15, -0.1) is 0 Å². The number of nitrogen functional groups attached to an aromatic ring is 1. The molecule has 0 amide bonds. The number of nitrogens with two attached hydrogens (primary N) is 1. The number of anilines is 1. The summed E-state index contributed by atoms with van der Waals surface area (Å²) < 4.78 is 7.37. The van der Waals surface area contributed by atoms with Gasteiger partial charge in [-0.2, -0.15) is 0 Å². The predicted octanol–water partition coefficient (Wildman–Crippen LogP) is 4.09. The number of hydrogen-bond donors (Lipinski definition) is 1. The molecule has 0 aliphatic rings. The number of carbonyl (C=O) groups excluding carboxylic acids is 1. The number of nitrogens with zero attached hydrogens (tertiary/aromatic N) is 1. The molecule has 0 saturated heterocycles. The van der Waals surface area contributed by atoms with Crippen molar-refractivity contribution in [3.63, 3.8) is 0 Å². The van der Waals surface area contributed by atoms with Crippen LogP contribution in [0.15, 0.2) is 54.6 Å². The summed E-state index contributed by atoms with van der Waals surface area (Å²) in [7, 11) is 1.58. The summed E-state index contributed by atoms with van der Waals surface area (Å²) in [4.78, 5) is 13.1. The van der Waals surface area contributed by atoms with Crippen molar-refractivity contribution in [1.29, 1.82) is 0 Å². The highest BCUT2D eigenvalue weighted by Crippen LogP contribution is 2.28. The number of ketones is 1. The zero-order chi connectivity index (χ0) is 16.4. The van der Waals surface area contributed by atoms with Gasteiger partial charge in [0.25, 0.3) is 0 Å². The minimum Gasteiger partial charge on any atom is -0.497 e. The van der Waals surface area contributed by atoms with Crippen molar-refractivity contribution in [2.75, 3.05) is 12.8 Å². The van der Waals surface area contributed by atoms with Crippen LogP contribution in [-0.2, 0) is 0 Å². The molecule has 0 spiro atoms. The number of benzene rings is 2. The maximum atomic E-state index is 12.7. The molecule has 0 unspecified atom stereocenters. The van der Waals surface area contributed by atoms with E-state index in [1.807, 2.05) is 30.3 Å². The summed E-state index contributed by atoms with van der Waals surface area (Å²) in [5, 5.41) is 0. The van der Waals surface area contributed by atoms with Crippen molar-refractivity contribution in [3.05, 3.63) is 69.0 Å². The van der Waals surface area contributed by atoms with Gasteiger partial charge in [0.05, 0.1) is 7.11 Å². The molecular weight excluding hydrogens is 328 g/mol. The molecule has 0 radical (unpaired) electrons. The topological polar surface area (TPSA) is 57.2 Å². The lowest BCUT2D eigenvalue weighted by Crippen LogP contribution is -2.06. The second-order valence-corrected chi connectivity index (χ2v) is 6.46. The predicted molar refractivity (Wildman–Crippen MR) is 95.3 cm³/mol. The molecule has 0 fully saturated rings. The molecule has 1 heterocycles. The summed E-state index contributed by atoms with van der Waals surface area (Å²) in [6.45, 7) is 0. The van der Waals surface area contributed by atoms with E-state index in [0.29, 0.717) is 26.0 Å². The van der Waals surface area contributed by atoms with Crippen molar-refractivity contribution in [2.45, 2.75) is 0 Å². The van der Waals surface area contributed by atoms with Crippen LogP contribution in [0.5, 0.6) is 5.75 Å². The van der Waals surface area contributed by atoms with Gasteiger partial charge in [0.2, 0.25) is 5.78 Å². The highest BCUT2D eigenvalue weighted by Gasteiger charge is 2.19. The second-order valence-electron chi connectivity index (χ2n) is 4.81. The Morgan fingerprint density at radius 2 is 1.78 bits per heavy atom. The molecule has 116 valence electrons. The summed E-state index contributed by atoms with van der Waals surface area (Å²) in [5.74, 6) is 0.923. The molecule has 4 nitrogen and oxygen atoms in total. The molecule has 2 aromatic carbocycles. The van der Waals surface area contributed by atoms with Crippen LogP contribution in [0.4, 0.5) is 5.82 Å². The summed E-state index contributed by atoms with van der Waals surface area (Å²) >= 11 is 6.60. The maximum absolute atomic E-state index is 12.7. The van der Waals surface area contributed by atoms with E-state index >= 15 is 0 Å². The molecule has 0 bridgehead atoms. The van der Waals surface area contributed by atoms with Crippen molar-refractivity contribution in [3.8, 4) is 11.4 Å². The van der Waals surface area contributed by atoms with Crippen molar-refractivity contribution in [1.82, 2.24) is 4.57 Å². The summed E-state index contributed by atoms with van der Waals surface area (Å²) in [5.41, 5.74) is 7.59. The average Bonchev–Trinajstić information content (AvgIpc) is 2.89. The van der Waals surface area contributed by atoms with Crippen LogP contribution in [0, 0.1) is 3.95 Å². The highest BCUT2D eigenvalue weighted by atomic mass is 32.1. The Labute approximate surface area is 142 Å². The quantitative estimate of drug-likeness (QED) is 0.573. The lowest BCUT2D eigenvalue weighted by molar-refractivity contribution is 0.104. The van der Waals surface area contributed by atoms with Crippen LogP contribution in [-0.4, -0.2) is 17.5 Å². The van der Waals surface area contributed by atoms with Crippen LogP contribution >= 0.6 is 23.6 Å². The van der Waals surface area contributed by atoms with Crippen LogP contribution in [0.2, 0.25) is 0 Å². The fraction of sp³-hybridized carbons (Fsp3) is 0.0588. The first-order chi connectivity index (χ1) is 11.1. The third-order valence-electron chi connectivity index (χ3n) is 3.42. The number of hydrogen-bond acceptors (Lipinski definition) is 5. The number of rotatable bonds is 4. The van der Waals surface area contributed by atoms with Gasteiger partial charge in [0, 0.05) is 11.3 Å². The van der Waals surface area contributed by atoms with E-state index in [2.05, 4.69) is 0 Å². The number of para-hydroxylation sites is 1. The molecular formula is C17H14N2O2S2. The standard InChI is InChI=1S/C17H14N2O2S2/c1-21-13-9-7-11(8-10-13)14(20)15-16(18)19(17(22)23-15)12-5-3-2-4-6-12/h2-10H,18H2,1H3. The molecule has 23 heavy (non-hydrogen) atoms. The van der Waals surface area contributed by atoms with Crippen LogP contribution < -0.4 is 10.5 Å². The fourth-order valence-corrected chi connectivity index (χ4v) is 3.57. The smallest absolute Gasteiger partial charge is 0.206 e. The number of methoxy groups -OCH3 is 1. The van der Waals surface area contributed by atoms with Gasteiger partial charge < -0.3 is 10.5 Å². The first-order valence-electron chi connectivity index (χ1n) is 6.87. The monoisotopic (exact) mass is 342 g/mol. The van der Waals surface area contributed by atoms with Gasteiger partial charge in [-0.3, -0.25) is 9.36 Å². The van der Waals surface area contributed by atoms with Gasteiger partial charge >= 0.3 is 0 Å². The highest BCUT2D eigenvalue weighted by molar-refractivity contribution is 7.73. The maximum Gasteiger partial charge on any atom is 0.206 e. The Morgan fingerprint density at radius 3 is 2.39 bits per heavy atom. The lowest BCUT2D eigenvalue weighted by atomic mass is 10.1. The van der Waals surface area contributed by atoms with E-state index in [1.165, 1.54) is 11.3 Å². The lowest BCUT2D eigenvalue weighted by Gasteiger charge is -2.06. The number of ether oxygens (including phenoxy) is 1. The Kier molecular flexibility index (Phi) is 4.27. The first kappa shape index (κ1) is 15.5. The van der Waals surface area contributed by atoms with Gasteiger partial charge in [-0.05, 0) is 48.6 Å². The van der Waals surface area contributed by atoms with E-state index in [1.54, 1.807) is 35.9 Å². The number of aromatic nitrogens is 1. The third-order valence-corrected chi connectivity index (χ3v) is 4.81. The number of carbonyl (C=O) groups is 1. The number of thiazole rings is 1. The average molecular weight is 342 g/mol. The summed E-state index contributed by atoms with van der Waals surface area (Å²) in [6.07, 6.45) is 0. The fourth-order valence-electron chi connectivity index (χ4n) is 2.24. The zero-order valence-corrected chi connectivity index (χ0v) is 14.0. The molecule has 2 N–H and O–H groups in total.